The van der Waals surface area contributed by atoms with Gasteiger partial charge >= 0.3 is 6.18 Å². The van der Waals surface area contributed by atoms with Crippen LogP contribution in [-0.4, -0.2) is 31.1 Å². The van der Waals surface area contributed by atoms with Gasteiger partial charge in [-0.2, -0.15) is 13.2 Å². The summed E-state index contributed by atoms with van der Waals surface area (Å²) < 4.78 is 38.5. The monoisotopic (exact) mass is 342 g/mol. The molecule has 0 aliphatic carbocycles. The van der Waals surface area contributed by atoms with Crippen LogP contribution in [0.3, 0.4) is 0 Å². The molecule has 21 heavy (non-hydrogen) atoms. The molecule has 2 rings (SSSR count). The van der Waals surface area contributed by atoms with Crippen molar-refractivity contribution in [1.82, 2.24) is 10.2 Å². The topological polar surface area (TPSA) is 15.3 Å². The van der Waals surface area contributed by atoms with Crippen LogP contribution in [0, 0.1) is 0 Å². The zero-order valence-electron chi connectivity index (χ0n) is 11.7. The van der Waals surface area contributed by atoms with Gasteiger partial charge in [-0.25, -0.2) is 0 Å². The first-order valence-electron chi connectivity index (χ1n) is 6.75. The van der Waals surface area contributed by atoms with Gasteiger partial charge in [-0.05, 0) is 30.2 Å². The number of nitrogens with zero attached hydrogens (tertiary/aromatic N) is 1. The van der Waals surface area contributed by atoms with E-state index >= 15 is 0 Å². The van der Waals surface area contributed by atoms with E-state index in [4.69, 9.17) is 11.6 Å². The summed E-state index contributed by atoms with van der Waals surface area (Å²) in [5, 5.41) is 3.65. The van der Waals surface area contributed by atoms with E-state index in [-0.39, 0.29) is 18.4 Å². The molecule has 0 unspecified atom stereocenters. The van der Waals surface area contributed by atoms with Crippen LogP contribution < -0.4 is 5.32 Å². The number of halogens is 5. The van der Waals surface area contributed by atoms with Crippen molar-refractivity contribution in [2.24, 2.45) is 0 Å². The van der Waals surface area contributed by atoms with Crippen molar-refractivity contribution in [1.29, 1.82) is 0 Å². The molecule has 0 amide bonds. The van der Waals surface area contributed by atoms with Gasteiger partial charge < -0.3 is 5.32 Å². The largest absolute Gasteiger partial charge is 0.416 e. The highest BCUT2D eigenvalue weighted by Gasteiger charge is 2.32. The minimum atomic E-state index is -4.33. The van der Waals surface area contributed by atoms with E-state index in [1.165, 1.54) is 12.1 Å². The second kappa shape index (κ2) is 7.68. The molecule has 1 N–H and O–H groups in total. The molecule has 0 bridgehead atoms. The normalized spacial score (nSPS) is 18.1. The summed E-state index contributed by atoms with van der Waals surface area (Å²) in [6.07, 6.45) is -3.60. The maximum atomic E-state index is 12.8. The minimum absolute atomic E-state index is 0. The SMILES string of the molecule is CC[C@H](c1cc(C(F)(F)F)ccc1Cl)N1CCNCC1.Cl. The Balaban J connectivity index is 0.00000220. The lowest BCUT2D eigenvalue weighted by Gasteiger charge is -2.35. The third-order valence-corrected chi connectivity index (χ3v) is 4.01. The van der Waals surface area contributed by atoms with Crippen molar-refractivity contribution < 1.29 is 13.2 Å². The lowest BCUT2D eigenvalue weighted by atomic mass is 9.99. The molecule has 1 saturated heterocycles. The van der Waals surface area contributed by atoms with Crippen molar-refractivity contribution in [3.05, 3.63) is 34.3 Å². The molecular weight excluding hydrogens is 324 g/mol. The van der Waals surface area contributed by atoms with Crippen molar-refractivity contribution >= 4 is 24.0 Å². The molecule has 1 fully saturated rings. The van der Waals surface area contributed by atoms with Crippen LogP contribution in [0.15, 0.2) is 18.2 Å². The number of hydrogen-bond acceptors (Lipinski definition) is 2. The van der Waals surface area contributed by atoms with Gasteiger partial charge in [0.2, 0.25) is 0 Å². The number of benzene rings is 1. The van der Waals surface area contributed by atoms with Crippen LogP contribution in [0.25, 0.3) is 0 Å². The molecule has 1 atom stereocenters. The molecule has 1 aliphatic heterocycles. The summed E-state index contributed by atoms with van der Waals surface area (Å²) in [5.41, 5.74) is -0.0589. The molecule has 1 aromatic carbocycles. The standard InChI is InChI=1S/C14H18ClF3N2.ClH/c1-2-13(20-7-5-19-6-8-20)11-9-10(14(16,17)18)3-4-12(11)15;/h3-4,9,13,19H,2,5-8H2,1H3;1H/t13-;/m1./s1. The quantitative estimate of drug-likeness (QED) is 0.888. The number of hydrogen-bond donors (Lipinski definition) is 1. The molecular formula is C14H19Cl2F3N2. The molecule has 0 spiro atoms. The lowest BCUT2D eigenvalue weighted by Crippen LogP contribution is -2.45. The van der Waals surface area contributed by atoms with Crippen molar-refractivity contribution in [3.63, 3.8) is 0 Å². The Morgan fingerprint density at radius 1 is 1.29 bits per heavy atom. The van der Waals surface area contributed by atoms with Gasteiger partial charge in [0.25, 0.3) is 0 Å². The van der Waals surface area contributed by atoms with Crippen LogP contribution >= 0.6 is 24.0 Å². The molecule has 0 saturated carbocycles. The summed E-state index contributed by atoms with van der Waals surface area (Å²) in [6, 6.07) is 3.52. The van der Waals surface area contributed by atoms with E-state index in [2.05, 4.69) is 10.2 Å². The Morgan fingerprint density at radius 3 is 2.43 bits per heavy atom. The fraction of sp³-hybridized carbons (Fsp3) is 0.571. The summed E-state index contributed by atoms with van der Waals surface area (Å²) >= 11 is 6.13. The number of alkyl halides is 3. The van der Waals surface area contributed by atoms with Crippen LogP contribution in [0.5, 0.6) is 0 Å². The van der Waals surface area contributed by atoms with Gasteiger partial charge in [0.05, 0.1) is 5.56 Å². The van der Waals surface area contributed by atoms with Crippen LogP contribution in [0.1, 0.15) is 30.5 Å². The average Bonchev–Trinajstić information content (AvgIpc) is 2.41. The van der Waals surface area contributed by atoms with Gasteiger partial charge in [-0.15, -0.1) is 12.4 Å². The summed E-state index contributed by atoms with van der Waals surface area (Å²) in [4.78, 5) is 2.19. The Morgan fingerprint density at radius 2 is 1.90 bits per heavy atom. The number of rotatable bonds is 3. The molecule has 0 radical (unpaired) electrons. The van der Waals surface area contributed by atoms with E-state index in [0.717, 1.165) is 38.7 Å². The van der Waals surface area contributed by atoms with Gasteiger partial charge in [-0.3, -0.25) is 4.90 Å². The Hall–Kier alpha value is -0.490. The van der Waals surface area contributed by atoms with Crippen molar-refractivity contribution in [2.45, 2.75) is 25.6 Å². The highest BCUT2D eigenvalue weighted by atomic mass is 35.5. The van der Waals surface area contributed by atoms with Crippen molar-refractivity contribution in [2.75, 3.05) is 26.2 Å². The minimum Gasteiger partial charge on any atom is -0.314 e. The Kier molecular flexibility index (Phi) is 6.78. The molecule has 120 valence electrons. The number of piperazine rings is 1. The van der Waals surface area contributed by atoms with E-state index in [1.54, 1.807) is 0 Å². The molecule has 1 aliphatic rings. The first kappa shape index (κ1) is 18.6. The van der Waals surface area contributed by atoms with E-state index < -0.39 is 11.7 Å². The predicted molar refractivity (Wildman–Crippen MR) is 81.2 cm³/mol. The summed E-state index contributed by atoms with van der Waals surface area (Å²) in [6.45, 7) is 5.33. The molecule has 2 nitrogen and oxygen atoms in total. The zero-order valence-corrected chi connectivity index (χ0v) is 13.3. The molecule has 1 heterocycles. The van der Waals surface area contributed by atoms with E-state index in [1.807, 2.05) is 6.92 Å². The average molecular weight is 343 g/mol. The van der Waals surface area contributed by atoms with Crippen molar-refractivity contribution in [3.8, 4) is 0 Å². The van der Waals surface area contributed by atoms with Gasteiger partial charge in [0.15, 0.2) is 0 Å². The number of nitrogens with one attached hydrogen (secondary N) is 1. The first-order valence-corrected chi connectivity index (χ1v) is 7.12. The molecule has 0 aromatic heterocycles. The fourth-order valence-electron chi connectivity index (χ4n) is 2.64. The fourth-order valence-corrected chi connectivity index (χ4v) is 2.89. The Bertz CT molecular complexity index is 460. The van der Waals surface area contributed by atoms with Gasteiger partial charge in [-0.1, -0.05) is 18.5 Å². The zero-order chi connectivity index (χ0) is 14.8. The van der Waals surface area contributed by atoms with E-state index in [0.29, 0.717) is 10.6 Å². The second-order valence-corrected chi connectivity index (χ2v) is 5.35. The van der Waals surface area contributed by atoms with Crippen LogP contribution in [0.2, 0.25) is 5.02 Å². The molecule has 1 aromatic rings. The maximum absolute atomic E-state index is 12.8. The second-order valence-electron chi connectivity index (χ2n) is 4.94. The van der Waals surface area contributed by atoms with Crippen LogP contribution in [0.4, 0.5) is 13.2 Å². The first-order chi connectivity index (χ1) is 9.43. The Labute approximate surface area is 134 Å². The lowest BCUT2D eigenvalue weighted by molar-refractivity contribution is -0.137. The van der Waals surface area contributed by atoms with Crippen LogP contribution in [-0.2, 0) is 6.18 Å². The maximum Gasteiger partial charge on any atom is 0.416 e. The predicted octanol–water partition coefficient (Wildman–Crippen LogP) is 4.14. The molecule has 7 heteroatoms. The van der Waals surface area contributed by atoms with E-state index in [9.17, 15) is 13.2 Å². The third kappa shape index (κ3) is 4.49. The third-order valence-electron chi connectivity index (χ3n) is 3.66. The smallest absolute Gasteiger partial charge is 0.314 e. The highest BCUT2D eigenvalue weighted by Crippen LogP contribution is 2.36. The highest BCUT2D eigenvalue weighted by molar-refractivity contribution is 6.31. The van der Waals surface area contributed by atoms with Gasteiger partial charge in [0.1, 0.15) is 0 Å². The summed E-state index contributed by atoms with van der Waals surface area (Å²) in [5.74, 6) is 0. The van der Waals surface area contributed by atoms with Gasteiger partial charge in [0, 0.05) is 37.2 Å². The summed E-state index contributed by atoms with van der Waals surface area (Å²) in [7, 11) is 0.